The second-order valence-corrected chi connectivity index (χ2v) is 10.1. The summed E-state index contributed by atoms with van der Waals surface area (Å²) in [7, 11) is 0. The lowest BCUT2D eigenvalue weighted by Gasteiger charge is -2.43. The van der Waals surface area contributed by atoms with Crippen LogP contribution in [0.5, 0.6) is 0 Å². The molecule has 0 amide bonds. The van der Waals surface area contributed by atoms with Gasteiger partial charge in [-0.1, -0.05) is 79.7 Å². The first kappa shape index (κ1) is 20.0. The molecule has 164 valence electrons. The number of hydrogen-bond acceptors (Lipinski definition) is 2. The van der Waals surface area contributed by atoms with Crippen LogP contribution < -0.4 is 10.7 Å². The second kappa shape index (κ2) is 8.04. The number of benzene rings is 2. The quantitative estimate of drug-likeness (QED) is 0.606. The number of nitrogens with zero attached hydrogens (tertiary/aromatic N) is 3. The molecule has 0 spiro atoms. The van der Waals surface area contributed by atoms with Crippen LogP contribution in [-0.2, 0) is 12.0 Å². The van der Waals surface area contributed by atoms with E-state index in [9.17, 15) is 0 Å². The Labute approximate surface area is 191 Å². The van der Waals surface area contributed by atoms with Gasteiger partial charge in [0.25, 0.3) is 0 Å². The Hall–Kier alpha value is -2.65. The second-order valence-electron chi connectivity index (χ2n) is 10.1. The molecule has 1 saturated carbocycles. The molecule has 0 bridgehead atoms. The van der Waals surface area contributed by atoms with E-state index in [1.807, 2.05) is 0 Å². The molecular formula is C29H33N3. The van der Waals surface area contributed by atoms with Crippen LogP contribution in [0.15, 0.2) is 60.7 Å². The predicted octanol–water partition coefficient (Wildman–Crippen LogP) is 4.40. The molecule has 3 nitrogen and oxygen atoms in total. The molecule has 1 atom stereocenters. The molecular weight excluding hydrogens is 390 g/mol. The van der Waals surface area contributed by atoms with Crippen LogP contribution in [0.3, 0.4) is 0 Å². The lowest BCUT2D eigenvalue weighted by molar-refractivity contribution is 0.167. The molecule has 1 unspecified atom stereocenters. The third-order valence-electron chi connectivity index (χ3n) is 7.81. The fourth-order valence-corrected chi connectivity index (χ4v) is 5.87. The maximum atomic E-state index is 5.13. The standard InChI is InChI=1S/C29H33N3/c1-22-12-15-26-27(20-22)32(25-13-14-25)28(30-26)21-31-18-16-29(17-19-31,23-8-4-2-5-9-23)24-10-6-3-7-11-24/h2-11,15,20,22,25H,12-14,16-19,21H2,1H3. The lowest BCUT2D eigenvalue weighted by Crippen LogP contribution is -2.43. The number of likely N-dealkylation sites (tertiary alicyclic amines) is 1. The third kappa shape index (κ3) is 3.53. The number of imidazole rings is 1. The zero-order valence-corrected chi connectivity index (χ0v) is 19.1. The summed E-state index contributed by atoms with van der Waals surface area (Å²) in [6.45, 7) is 5.51. The lowest BCUT2D eigenvalue weighted by atomic mass is 9.68. The van der Waals surface area contributed by atoms with Gasteiger partial charge in [0.1, 0.15) is 5.82 Å². The summed E-state index contributed by atoms with van der Waals surface area (Å²) in [6, 6.07) is 23.0. The van der Waals surface area contributed by atoms with E-state index in [4.69, 9.17) is 4.98 Å². The number of rotatable bonds is 5. The average molecular weight is 424 g/mol. The van der Waals surface area contributed by atoms with Gasteiger partial charge >= 0.3 is 0 Å². The molecule has 32 heavy (non-hydrogen) atoms. The molecule has 1 aliphatic heterocycles. The van der Waals surface area contributed by atoms with Crippen LogP contribution in [0, 0.1) is 5.92 Å². The van der Waals surface area contributed by atoms with Crippen LogP contribution in [0.1, 0.15) is 62.0 Å². The van der Waals surface area contributed by atoms with Crippen LogP contribution in [0.4, 0.5) is 0 Å². The van der Waals surface area contributed by atoms with Gasteiger partial charge in [0.2, 0.25) is 0 Å². The molecule has 3 aliphatic rings. The van der Waals surface area contributed by atoms with E-state index in [0.29, 0.717) is 12.0 Å². The van der Waals surface area contributed by atoms with Crippen molar-refractivity contribution in [2.45, 2.75) is 57.0 Å². The number of hydrogen-bond donors (Lipinski definition) is 0. The fraction of sp³-hybridized carbons (Fsp3) is 0.414. The van der Waals surface area contributed by atoms with Crippen LogP contribution in [0.25, 0.3) is 12.2 Å². The highest BCUT2D eigenvalue weighted by molar-refractivity contribution is 5.40. The van der Waals surface area contributed by atoms with Crippen molar-refractivity contribution >= 4 is 12.2 Å². The first-order valence-corrected chi connectivity index (χ1v) is 12.4. The zero-order chi connectivity index (χ0) is 21.5. The van der Waals surface area contributed by atoms with Gasteiger partial charge in [0.05, 0.1) is 17.2 Å². The summed E-state index contributed by atoms with van der Waals surface area (Å²) in [4.78, 5) is 7.77. The monoisotopic (exact) mass is 423 g/mol. The molecule has 3 heteroatoms. The highest BCUT2D eigenvalue weighted by Gasteiger charge is 2.38. The molecule has 2 aliphatic carbocycles. The Bertz CT molecular complexity index is 1160. The van der Waals surface area contributed by atoms with Crippen LogP contribution in [0.2, 0.25) is 0 Å². The maximum Gasteiger partial charge on any atom is 0.124 e. The molecule has 1 aromatic heterocycles. The molecule has 1 saturated heterocycles. The van der Waals surface area contributed by atoms with E-state index < -0.39 is 0 Å². The van der Waals surface area contributed by atoms with E-state index in [2.05, 4.69) is 89.2 Å². The van der Waals surface area contributed by atoms with E-state index in [1.54, 1.807) is 0 Å². The van der Waals surface area contributed by atoms with Gasteiger partial charge in [-0.2, -0.15) is 0 Å². The van der Waals surface area contributed by atoms with Crippen LogP contribution >= 0.6 is 0 Å². The van der Waals surface area contributed by atoms with Crippen molar-refractivity contribution < 1.29 is 0 Å². The third-order valence-corrected chi connectivity index (χ3v) is 7.81. The minimum absolute atomic E-state index is 0.112. The van der Waals surface area contributed by atoms with Gasteiger partial charge in [0.15, 0.2) is 0 Å². The van der Waals surface area contributed by atoms with Gasteiger partial charge in [-0.3, -0.25) is 4.90 Å². The molecule has 6 rings (SSSR count). The smallest absolute Gasteiger partial charge is 0.124 e. The first-order chi connectivity index (χ1) is 15.7. The van der Waals surface area contributed by atoms with Gasteiger partial charge in [-0.15, -0.1) is 0 Å². The Morgan fingerprint density at radius 1 is 0.906 bits per heavy atom. The maximum absolute atomic E-state index is 5.13. The van der Waals surface area contributed by atoms with E-state index in [-0.39, 0.29) is 5.41 Å². The normalized spacial score (nSPS) is 22.6. The van der Waals surface area contributed by atoms with Gasteiger partial charge < -0.3 is 4.57 Å². The van der Waals surface area contributed by atoms with Crippen molar-refractivity contribution in [1.82, 2.24) is 14.5 Å². The van der Waals surface area contributed by atoms with Crippen LogP contribution in [-0.4, -0.2) is 27.5 Å². The Kier molecular flexibility index (Phi) is 5.02. The van der Waals surface area contributed by atoms with E-state index in [1.165, 1.54) is 40.5 Å². The minimum Gasteiger partial charge on any atom is -0.324 e. The number of aromatic nitrogens is 2. The topological polar surface area (TPSA) is 21.1 Å². The van der Waals surface area contributed by atoms with Crippen molar-refractivity contribution in [2.75, 3.05) is 13.1 Å². The number of fused-ring (bicyclic) bond motifs is 1. The van der Waals surface area contributed by atoms with Crippen molar-refractivity contribution in [3.8, 4) is 0 Å². The summed E-state index contributed by atoms with van der Waals surface area (Å²) < 4.78 is 2.58. The Morgan fingerprint density at radius 3 is 2.12 bits per heavy atom. The van der Waals surface area contributed by atoms with Gasteiger partial charge in [-0.05, 0) is 62.2 Å². The summed E-state index contributed by atoms with van der Waals surface area (Å²) in [5.74, 6) is 1.91. The SMILES string of the molecule is CC1C=c2c(nc(CN3CCC(c4ccccc4)(c4ccccc4)CC3)n2C2CC2)=CC1. The Balaban J connectivity index is 1.28. The number of piperidine rings is 1. The first-order valence-electron chi connectivity index (χ1n) is 12.4. The highest BCUT2D eigenvalue weighted by Crippen LogP contribution is 2.42. The summed E-state index contributed by atoms with van der Waals surface area (Å²) in [5, 5.41) is 2.62. The van der Waals surface area contributed by atoms with Gasteiger partial charge in [0, 0.05) is 11.5 Å². The molecule has 2 heterocycles. The van der Waals surface area contributed by atoms with Crippen molar-refractivity contribution in [2.24, 2.45) is 5.92 Å². The fourth-order valence-electron chi connectivity index (χ4n) is 5.87. The zero-order valence-electron chi connectivity index (χ0n) is 19.1. The highest BCUT2D eigenvalue weighted by atomic mass is 15.2. The summed E-state index contributed by atoms with van der Waals surface area (Å²) in [6.07, 6.45) is 10.9. The molecule has 2 aromatic carbocycles. The summed E-state index contributed by atoms with van der Waals surface area (Å²) >= 11 is 0. The van der Waals surface area contributed by atoms with Crippen molar-refractivity contribution in [1.29, 1.82) is 0 Å². The minimum atomic E-state index is 0.112. The molecule has 0 radical (unpaired) electrons. The van der Waals surface area contributed by atoms with Gasteiger partial charge in [-0.25, -0.2) is 4.98 Å². The summed E-state index contributed by atoms with van der Waals surface area (Å²) in [5.41, 5.74) is 3.03. The van der Waals surface area contributed by atoms with Crippen molar-refractivity contribution in [3.63, 3.8) is 0 Å². The molecule has 0 N–H and O–H groups in total. The van der Waals surface area contributed by atoms with Crippen molar-refractivity contribution in [3.05, 3.63) is 88.3 Å². The van der Waals surface area contributed by atoms with E-state index in [0.717, 1.165) is 38.9 Å². The largest absolute Gasteiger partial charge is 0.324 e. The molecule has 3 aromatic rings. The Morgan fingerprint density at radius 2 is 1.53 bits per heavy atom. The molecule has 2 fully saturated rings. The average Bonchev–Trinajstić information content (AvgIpc) is 3.62. The predicted molar refractivity (Wildman–Crippen MR) is 131 cm³/mol. The van der Waals surface area contributed by atoms with E-state index >= 15 is 0 Å².